The molecular weight excluding hydrogens is 232 g/mol. The number of nitro groups is 1. The van der Waals surface area contributed by atoms with E-state index >= 15 is 0 Å². The van der Waals surface area contributed by atoms with Crippen LogP contribution >= 0.6 is 0 Å². The van der Waals surface area contributed by atoms with Crippen LogP contribution < -0.4 is 4.90 Å². The van der Waals surface area contributed by atoms with Crippen molar-refractivity contribution in [3.05, 3.63) is 33.9 Å². The number of aliphatic hydroxyl groups excluding tert-OH is 1. The van der Waals surface area contributed by atoms with Crippen LogP contribution in [-0.4, -0.2) is 22.6 Å². The summed E-state index contributed by atoms with van der Waals surface area (Å²) in [6.07, 6.45) is -0.702. The Morgan fingerprint density at radius 1 is 1.39 bits per heavy atom. The molecule has 0 saturated carbocycles. The number of nitro benzene ring substituents is 1. The van der Waals surface area contributed by atoms with Crippen LogP contribution in [0.25, 0.3) is 0 Å². The molecule has 5 nitrogen and oxygen atoms in total. The van der Waals surface area contributed by atoms with Gasteiger partial charge in [-0.2, -0.15) is 0 Å². The first kappa shape index (κ1) is 14.4. The smallest absolute Gasteiger partial charge is 0.292 e. The Kier molecular flexibility index (Phi) is 4.67. The first-order chi connectivity index (χ1) is 8.38. The van der Waals surface area contributed by atoms with E-state index in [0.717, 1.165) is 0 Å². The first-order valence-corrected chi connectivity index (χ1v) is 6.11. The van der Waals surface area contributed by atoms with Gasteiger partial charge in [-0.15, -0.1) is 0 Å². The second kappa shape index (κ2) is 5.82. The lowest BCUT2D eigenvalue weighted by molar-refractivity contribution is -0.384. The van der Waals surface area contributed by atoms with Crippen LogP contribution in [0.15, 0.2) is 18.2 Å². The molecule has 1 aromatic rings. The number of hydrogen-bond donors (Lipinski definition) is 1. The van der Waals surface area contributed by atoms with E-state index in [1.165, 1.54) is 6.07 Å². The summed E-state index contributed by atoms with van der Waals surface area (Å²) in [5.41, 5.74) is 1.20. The number of nitrogens with zero attached hydrogens (tertiary/aromatic N) is 2. The molecule has 0 amide bonds. The van der Waals surface area contributed by atoms with Gasteiger partial charge in [0.25, 0.3) is 5.69 Å². The Bertz CT molecular complexity index is 430. The van der Waals surface area contributed by atoms with E-state index in [1.807, 2.05) is 25.7 Å². The number of aliphatic hydroxyl groups is 1. The highest BCUT2D eigenvalue weighted by atomic mass is 16.6. The van der Waals surface area contributed by atoms with Crippen molar-refractivity contribution in [1.82, 2.24) is 0 Å². The van der Waals surface area contributed by atoms with Crippen molar-refractivity contribution in [2.24, 2.45) is 0 Å². The topological polar surface area (TPSA) is 66.6 Å². The van der Waals surface area contributed by atoms with Crippen molar-refractivity contribution >= 4 is 11.4 Å². The molecule has 100 valence electrons. The second-order valence-electron chi connectivity index (χ2n) is 4.56. The third-order valence-electron chi connectivity index (χ3n) is 2.95. The van der Waals surface area contributed by atoms with Gasteiger partial charge in [-0.3, -0.25) is 10.1 Å². The standard InChI is InChI=1S/C13H20N2O3/c1-5-14(9(2)3)12-7-6-11(10(4)16)8-13(12)15(17)18/h6-10,16H,5H2,1-4H3/t10-/m1/s1. The zero-order valence-electron chi connectivity index (χ0n) is 11.3. The van der Waals surface area contributed by atoms with Crippen LogP contribution in [-0.2, 0) is 0 Å². The summed E-state index contributed by atoms with van der Waals surface area (Å²) in [6, 6.07) is 5.08. The van der Waals surface area contributed by atoms with Gasteiger partial charge in [0, 0.05) is 18.7 Å². The molecule has 0 aliphatic heterocycles. The Balaban J connectivity index is 3.31. The minimum absolute atomic E-state index is 0.0453. The molecule has 0 aliphatic rings. The highest BCUT2D eigenvalue weighted by molar-refractivity contribution is 5.65. The molecule has 0 unspecified atom stereocenters. The number of anilines is 1. The molecule has 1 N–H and O–H groups in total. The Morgan fingerprint density at radius 2 is 2.00 bits per heavy atom. The van der Waals surface area contributed by atoms with Crippen LogP contribution in [0.5, 0.6) is 0 Å². The van der Waals surface area contributed by atoms with E-state index in [1.54, 1.807) is 19.1 Å². The van der Waals surface area contributed by atoms with Crippen LogP contribution in [0.1, 0.15) is 39.4 Å². The molecule has 0 bridgehead atoms. The highest BCUT2D eigenvalue weighted by Crippen LogP contribution is 2.32. The largest absolute Gasteiger partial charge is 0.389 e. The maximum Gasteiger partial charge on any atom is 0.292 e. The predicted octanol–water partition coefficient (Wildman–Crippen LogP) is 2.88. The lowest BCUT2D eigenvalue weighted by atomic mass is 10.1. The van der Waals surface area contributed by atoms with E-state index in [-0.39, 0.29) is 11.7 Å². The van der Waals surface area contributed by atoms with Crippen molar-refractivity contribution in [1.29, 1.82) is 0 Å². The number of benzene rings is 1. The Hall–Kier alpha value is -1.62. The lowest BCUT2D eigenvalue weighted by Crippen LogP contribution is -2.30. The predicted molar refractivity (Wildman–Crippen MR) is 71.9 cm³/mol. The first-order valence-electron chi connectivity index (χ1n) is 6.11. The fraction of sp³-hybridized carbons (Fsp3) is 0.538. The SMILES string of the molecule is CCN(c1ccc([C@@H](C)O)cc1[N+](=O)[O-])C(C)C. The van der Waals surface area contributed by atoms with Crippen molar-refractivity contribution in [2.45, 2.75) is 39.8 Å². The summed E-state index contributed by atoms with van der Waals surface area (Å²) < 4.78 is 0. The van der Waals surface area contributed by atoms with Crippen LogP contribution in [0.4, 0.5) is 11.4 Å². The number of hydrogen-bond acceptors (Lipinski definition) is 4. The van der Waals surface area contributed by atoms with E-state index in [0.29, 0.717) is 17.8 Å². The fourth-order valence-electron chi connectivity index (χ4n) is 2.00. The quantitative estimate of drug-likeness (QED) is 0.646. The van der Waals surface area contributed by atoms with Gasteiger partial charge in [-0.05, 0) is 39.3 Å². The molecule has 0 aliphatic carbocycles. The van der Waals surface area contributed by atoms with Gasteiger partial charge in [0.15, 0.2) is 0 Å². The maximum atomic E-state index is 11.1. The zero-order chi connectivity index (χ0) is 13.9. The molecule has 0 saturated heterocycles. The summed E-state index contributed by atoms with van der Waals surface area (Å²) >= 11 is 0. The summed E-state index contributed by atoms with van der Waals surface area (Å²) in [5, 5.41) is 20.6. The number of rotatable bonds is 5. The van der Waals surface area contributed by atoms with Crippen molar-refractivity contribution in [3.8, 4) is 0 Å². The molecule has 0 radical (unpaired) electrons. The van der Waals surface area contributed by atoms with Gasteiger partial charge >= 0.3 is 0 Å². The molecule has 0 heterocycles. The fourth-order valence-corrected chi connectivity index (χ4v) is 2.00. The normalized spacial score (nSPS) is 12.6. The van der Waals surface area contributed by atoms with Gasteiger partial charge in [-0.1, -0.05) is 6.07 Å². The molecule has 0 aromatic heterocycles. The van der Waals surface area contributed by atoms with E-state index < -0.39 is 11.0 Å². The summed E-state index contributed by atoms with van der Waals surface area (Å²) in [4.78, 5) is 12.7. The molecular formula is C13H20N2O3. The summed E-state index contributed by atoms with van der Waals surface area (Å²) in [6.45, 7) is 8.25. The monoisotopic (exact) mass is 252 g/mol. The van der Waals surface area contributed by atoms with Crippen molar-refractivity contribution < 1.29 is 10.0 Å². The second-order valence-corrected chi connectivity index (χ2v) is 4.56. The van der Waals surface area contributed by atoms with Gasteiger partial charge in [0.1, 0.15) is 5.69 Å². The highest BCUT2D eigenvalue weighted by Gasteiger charge is 2.21. The average molecular weight is 252 g/mol. The van der Waals surface area contributed by atoms with Crippen molar-refractivity contribution in [3.63, 3.8) is 0 Å². The van der Waals surface area contributed by atoms with Crippen LogP contribution in [0, 0.1) is 10.1 Å². The molecule has 0 fully saturated rings. The maximum absolute atomic E-state index is 11.1. The zero-order valence-corrected chi connectivity index (χ0v) is 11.3. The summed E-state index contributed by atoms with van der Waals surface area (Å²) in [5.74, 6) is 0. The molecule has 5 heteroatoms. The lowest BCUT2D eigenvalue weighted by Gasteiger charge is -2.27. The Morgan fingerprint density at radius 3 is 2.39 bits per heavy atom. The average Bonchev–Trinajstić information content (AvgIpc) is 2.29. The van der Waals surface area contributed by atoms with Crippen molar-refractivity contribution in [2.75, 3.05) is 11.4 Å². The van der Waals surface area contributed by atoms with E-state index in [4.69, 9.17) is 0 Å². The molecule has 1 aromatic carbocycles. The minimum atomic E-state index is -0.702. The molecule has 18 heavy (non-hydrogen) atoms. The third kappa shape index (κ3) is 2.98. The molecule has 1 rings (SSSR count). The van der Waals surface area contributed by atoms with Gasteiger partial charge in [-0.25, -0.2) is 0 Å². The van der Waals surface area contributed by atoms with Crippen LogP contribution in [0.3, 0.4) is 0 Å². The van der Waals surface area contributed by atoms with Gasteiger partial charge < -0.3 is 10.0 Å². The van der Waals surface area contributed by atoms with E-state index in [2.05, 4.69) is 0 Å². The van der Waals surface area contributed by atoms with E-state index in [9.17, 15) is 15.2 Å². The van der Waals surface area contributed by atoms with Gasteiger partial charge in [0.05, 0.1) is 11.0 Å². The summed E-state index contributed by atoms with van der Waals surface area (Å²) in [7, 11) is 0. The van der Waals surface area contributed by atoms with Gasteiger partial charge in [0.2, 0.25) is 0 Å². The van der Waals surface area contributed by atoms with Crippen LogP contribution in [0.2, 0.25) is 0 Å². The molecule has 1 atom stereocenters. The Labute approximate surface area is 107 Å². The molecule has 0 spiro atoms. The third-order valence-corrected chi connectivity index (χ3v) is 2.95. The minimum Gasteiger partial charge on any atom is -0.389 e.